The Morgan fingerprint density at radius 1 is 1.50 bits per heavy atom. The van der Waals surface area contributed by atoms with Crippen molar-refractivity contribution in [2.45, 2.75) is 18.9 Å². The van der Waals surface area contributed by atoms with E-state index in [0.717, 1.165) is 12.8 Å². The standard InChI is InChI=1S/C6H13N5O/c7-5(12)4-2-1-3-11(4)6(8)10-9/h4H,1-3,9H2,(H2,7,12)(H2,8,10). The highest BCUT2D eigenvalue weighted by molar-refractivity contribution is 5.87. The molecule has 1 saturated heterocycles. The molecule has 1 heterocycles. The number of hydrogen-bond donors (Lipinski definition) is 3. The van der Waals surface area contributed by atoms with Crippen molar-refractivity contribution >= 4 is 11.9 Å². The fourth-order valence-corrected chi connectivity index (χ4v) is 1.41. The van der Waals surface area contributed by atoms with Gasteiger partial charge in [-0.2, -0.15) is 0 Å². The number of amides is 1. The zero-order valence-corrected chi connectivity index (χ0v) is 6.73. The molecule has 1 amide bonds. The molecule has 0 aromatic rings. The first-order chi connectivity index (χ1) is 5.66. The van der Waals surface area contributed by atoms with Crippen LogP contribution in [0.4, 0.5) is 0 Å². The summed E-state index contributed by atoms with van der Waals surface area (Å²) < 4.78 is 0. The fraction of sp³-hybridized carbons (Fsp3) is 0.667. The molecule has 1 atom stereocenters. The predicted octanol–water partition coefficient (Wildman–Crippen LogP) is -1.88. The molecule has 12 heavy (non-hydrogen) atoms. The summed E-state index contributed by atoms with van der Waals surface area (Å²) in [6.07, 6.45) is 1.62. The van der Waals surface area contributed by atoms with Gasteiger partial charge in [-0.1, -0.05) is 0 Å². The Kier molecular flexibility index (Phi) is 2.37. The summed E-state index contributed by atoms with van der Waals surface area (Å²) in [4.78, 5) is 12.5. The Bertz CT molecular complexity index is 214. The van der Waals surface area contributed by atoms with Crippen LogP contribution < -0.4 is 17.3 Å². The van der Waals surface area contributed by atoms with Crippen LogP contribution in [-0.2, 0) is 4.79 Å². The van der Waals surface area contributed by atoms with E-state index in [0.29, 0.717) is 6.54 Å². The van der Waals surface area contributed by atoms with Crippen LogP contribution in [-0.4, -0.2) is 29.4 Å². The second-order valence-corrected chi connectivity index (χ2v) is 2.74. The third-order valence-corrected chi connectivity index (χ3v) is 2.01. The van der Waals surface area contributed by atoms with Gasteiger partial charge in [-0.25, -0.2) is 0 Å². The third kappa shape index (κ3) is 1.41. The molecule has 0 aromatic carbocycles. The van der Waals surface area contributed by atoms with Gasteiger partial charge in [0.05, 0.1) is 0 Å². The van der Waals surface area contributed by atoms with E-state index in [1.54, 1.807) is 4.90 Å². The van der Waals surface area contributed by atoms with Crippen LogP contribution >= 0.6 is 0 Å². The summed E-state index contributed by atoms with van der Waals surface area (Å²) in [6.45, 7) is 0.695. The Morgan fingerprint density at radius 3 is 2.67 bits per heavy atom. The van der Waals surface area contributed by atoms with Gasteiger partial charge >= 0.3 is 0 Å². The van der Waals surface area contributed by atoms with Crippen LogP contribution in [0.25, 0.3) is 0 Å². The molecule has 6 N–H and O–H groups in total. The molecule has 1 aliphatic rings. The van der Waals surface area contributed by atoms with E-state index in [-0.39, 0.29) is 17.9 Å². The summed E-state index contributed by atoms with van der Waals surface area (Å²) >= 11 is 0. The molecule has 1 aliphatic heterocycles. The highest BCUT2D eigenvalue weighted by Crippen LogP contribution is 2.15. The van der Waals surface area contributed by atoms with Gasteiger partial charge < -0.3 is 22.2 Å². The first kappa shape index (κ1) is 8.63. The minimum atomic E-state index is -0.376. The average molecular weight is 171 g/mol. The molecule has 0 radical (unpaired) electrons. The quantitative estimate of drug-likeness (QED) is 0.186. The van der Waals surface area contributed by atoms with Crippen LogP contribution in [0.2, 0.25) is 0 Å². The molecule has 0 aliphatic carbocycles. The third-order valence-electron chi connectivity index (χ3n) is 2.01. The fourth-order valence-electron chi connectivity index (χ4n) is 1.41. The minimum Gasteiger partial charge on any atom is -0.368 e. The van der Waals surface area contributed by atoms with Crippen LogP contribution in [0.15, 0.2) is 5.10 Å². The van der Waals surface area contributed by atoms with Crippen LogP contribution in [0, 0.1) is 0 Å². The van der Waals surface area contributed by atoms with Crippen molar-refractivity contribution in [3.8, 4) is 0 Å². The number of carbonyl (C=O) groups is 1. The van der Waals surface area contributed by atoms with Crippen molar-refractivity contribution in [2.75, 3.05) is 6.54 Å². The van der Waals surface area contributed by atoms with Crippen molar-refractivity contribution in [3.63, 3.8) is 0 Å². The SMILES string of the molecule is NN=C(N)N1CCCC1C(N)=O. The number of hydrogen-bond acceptors (Lipinski definition) is 3. The topological polar surface area (TPSA) is 111 Å². The molecule has 0 saturated carbocycles. The number of carbonyl (C=O) groups excluding carboxylic acids is 1. The second kappa shape index (κ2) is 3.29. The lowest BCUT2D eigenvalue weighted by atomic mass is 10.2. The van der Waals surface area contributed by atoms with Gasteiger partial charge in [0.25, 0.3) is 0 Å². The summed E-state index contributed by atoms with van der Waals surface area (Å²) in [5.41, 5.74) is 10.6. The Hall–Kier alpha value is -1.46. The van der Waals surface area contributed by atoms with E-state index < -0.39 is 0 Å². The van der Waals surface area contributed by atoms with Crippen molar-refractivity contribution in [3.05, 3.63) is 0 Å². The van der Waals surface area contributed by atoms with E-state index in [9.17, 15) is 4.79 Å². The van der Waals surface area contributed by atoms with Crippen LogP contribution in [0.3, 0.4) is 0 Å². The summed E-state index contributed by atoms with van der Waals surface area (Å²) in [7, 11) is 0. The number of guanidine groups is 1. The van der Waals surface area contributed by atoms with E-state index in [1.807, 2.05) is 0 Å². The molecule has 1 rings (SSSR count). The maximum Gasteiger partial charge on any atom is 0.240 e. The summed E-state index contributed by atoms with van der Waals surface area (Å²) in [5, 5.41) is 3.32. The van der Waals surface area contributed by atoms with Gasteiger partial charge in [0.2, 0.25) is 11.9 Å². The number of hydrazone groups is 1. The zero-order chi connectivity index (χ0) is 9.14. The number of rotatable bonds is 1. The molecule has 68 valence electrons. The summed E-state index contributed by atoms with van der Waals surface area (Å²) in [6, 6.07) is -0.336. The number of nitrogens with zero attached hydrogens (tertiary/aromatic N) is 2. The first-order valence-electron chi connectivity index (χ1n) is 3.76. The molecule has 1 fully saturated rings. The van der Waals surface area contributed by atoms with E-state index >= 15 is 0 Å². The minimum absolute atomic E-state index is 0.177. The van der Waals surface area contributed by atoms with Gasteiger partial charge in [-0.05, 0) is 12.8 Å². The van der Waals surface area contributed by atoms with Crippen molar-refractivity contribution in [2.24, 2.45) is 22.4 Å². The largest absolute Gasteiger partial charge is 0.368 e. The van der Waals surface area contributed by atoms with Gasteiger partial charge in [-0.3, -0.25) is 4.79 Å². The van der Waals surface area contributed by atoms with Gasteiger partial charge in [0.15, 0.2) is 0 Å². The van der Waals surface area contributed by atoms with E-state index in [4.69, 9.17) is 17.3 Å². The lowest BCUT2D eigenvalue weighted by molar-refractivity contribution is -0.121. The second-order valence-electron chi connectivity index (χ2n) is 2.74. The first-order valence-corrected chi connectivity index (χ1v) is 3.76. The van der Waals surface area contributed by atoms with Crippen molar-refractivity contribution in [1.29, 1.82) is 0 Å². The Balaban J connectivity index is 2.70. The number of likely N-dealkylation sites (tertiary alicyclic amines) is 1. The molecular formula is C6H13N5O. The van der Waals surface area contributed by atoms with Crippen molar-refractivity contribution < 1.29 is 4.79 Å². The van der Waals surface area contributed by atoms with Crippen LogP contribution in [0.1, 0.15) is 12.8 Å². The average Bonchev–Trinajstić information content (AvgIpc) is 2.50. The summed E-state index contributed by atoms with van der Waals surface area (Å²) in [5.74, 6) is 4.78. The van der Waals surface area contributed by atoms with Gasteiger partial charge in [0.1, 0.15) is 6.04 Å². The monoisotopic (exact) mass is 171 g/mol. The Labute approximate surface area is 70.4 Å². The maximum atomic E-state index is 10.9. The Morgan fingerprint density at radius 2 is 2.17 bits per heavy atom. The van der Waals surface area contributed by atoms with E-state index in [2.05, 4.69) is 5.10 Å². The molecule has 1 unspecified atom stereocenters. The zero-order valence-electron chi connectivity index (χ0n) is 6.73. The normalized spacial score (nSPS) is 24.5. The predicted molar refractivity (Wildman–Crippen MR) is 44.7 cm³/mol. The highest BCUT2D eigenvalue weighted by atomic mass is 16.1. The maximum absolute atomic E-state index is 10.9. The van der Waals surface area contributed by atoms with Crippen molar-refractivity contribution in [1.82, 2.24) is 4.90 Å². The lowest BCUT2D eigenvalue weighted by Gasteiger charge is -2.21. The molecular weight excluding hydrogens is 158 g/mol. The molecule has 0 spiro atoms. The van der Waals surface area contributed by atoms with E-state index in [1.165, 1.54) is 0 Å². The van der Waals surface area contributed by atoms with Gasteiger partial charge in [-0.15, -0.1) is 5.10 Å². The molecule has 6 heteroatoms. The molecule has 6 nitrogen and oxygen atoms in total. The molecule has 0 bridgehead atoms. The molecule has 0 aromatic heterocycles. The number of primary amides is 1. The van der Waals surface area contributed by atoms with Gasteiger partial charge in [0, 0.05) is 6.54 Å². The van der Waals surface area contributed by atoms with Crippen LogP contribution in [0.5, 0.6) is 0 Å². The lowest BCUT2D eigenvalue weighted by Crippen LogP contribution is -2.47. The smallest absolute Gasteiger partial charge is 0.240 e. The highest BCUT2D eigenvalue weighted by Gasteiger charge is 2.30. The number of nitrogens with two attached hydrogens (primary N) is 3.